The van der Waals surface area contributed by atoms with E-state index in [1.807, 2.05) is 30.3 Å². The summed E-state index contributed by atoms with van der Waals surface area (Å²) in [5.41, 5.74) is 1.11. The van der Waals surface area contributed by atoms with E-state index in [4.69, 9.17) is 4.74 Å². The molecule has 1 amide bonds. The van der Waals surface area contributed by atoms with Gasteiger partial charge in [-0.3, -0.25) is 9.48 Å². The highest BCUT2D eigenvalue weighted by Gasteiger charge is 2.23. The normalized spacial score (nSPS) is 11.0. The van der Waals surface area contributed by atoms with Crippen molar-refractivity contribution in [1.82, 2.24) is 14.8 Å². The van der Waals surface area contributed by atoms with Crippen LogP contribution in [0, 0.1) is 0 Å². The number of anilines is 1. The van der Waals surface area contributed by atoms with Gasteiger partial charge in [-0.1, -0.05) is 36.4 Å². The zero-order valence-corrected chi connectivity index (χ0v) is 17.4. The van der Waals surface area contributed by atoms with Gasteiger partial charge in [-0.2, -0.15) is 0 Å². The molecular weight excluding hydrogens is 424 g/mol. The molecule has 2 heterocycles. The number of carbonyl (C=O) groups excluding carboxylic acids is 2. The summed E-state index contributed by atoms with van der Waals surface area (Å²) in [5.74, 6) is -1.87. The molecule has 0 radical (unpaired) electrons. The Balaban J connectivity index is 1.74. The van der Waals surface area contributed by atoms with E-state index >= 15 is 0 Å². The molecule has 3 aromatic rings. The standard InChI is InChI=1S/C20H20N4O6S/c1-29-20(26)30-19-16(13-24(23-19)12-10-15-7-3-2-4-8-15)22-17(25)14-31(27,28)18-9-5-6-11-21-18/h2-9,11,13H,10,12,14H2,1H3,(H,22,25). The summed E-state index contributed by atoms with van der Waals surface area (Å²) < 4.78 is 35.6. The maximum Gasteiger partial charge on any atom is 0.515 e. The van der Waals surface area contributed by atoms with Gasteiger partial charge in [0.2, 0.25) is 15.7 Å². The zero-order valence-electron chi connectivity index (χ0n) is 16.6. The molecule has 2 aromatic heterocycles. The van der Waals surface area contributed by atoms with Gasteiger partial charge < -0.3 is 14.8 Å². The average molecular weight is 444 g/mol. The summed E-state index contributed by atoms with van der Waals surface area (Å²) in [6.45, 7) is 0.434. The molecule has 0 saturated heterocycles. The first kappa shape index (κ1) is 22.0. The number of benzene rings is 1. The van der Waals surface area contributed by atoms with E-state index in [1.54, 1.807) is 6.07 Å². The SMILES string of the molecule is COC(=O)Oc1nn(CCc2ccccc2)cc1NC(=O)CS(=O)(=O)c1ccccn1. The Morgan fingerprint density at radius 2 is 1.84 bits per heavy atom. The molecule has 0 aliphatic heterocycles. The van der Waals surface area contributed by atoms with Crippen molar-refractivity contribution < 1.29 is 27.5 Å². The minimum absolute atomic E-state index is 0.0414. The molecule has 0 atom stereocenters. The lowest BCUT2D eigenvalue weighted by Gasteiger charge is -2.06. The van der Waals surface area contributed by atoms with Gasteiger partial charge in [0.15, 0.2) is 5.03 Å². The maximum atomic E-state index is 12.4. The van der Waals surface area contributed by atoms with Crippen LogP contribution < -0.4 is 10.1 Å². The molecule has 0 unspecified atom stereocenters. The van der Waals surface area contributed by atoms with Crippen molar-refractivity contribution in [1.29, 1.82) is 0 Å². The summed E-state index contributed by atoms with van der Waals surface area (Å²) in [7, 11) is -2.81. The Labute approximate surface area is 178 Å². The molecule has 162 valence electrons. The van der Waals surface area contributed by atoms with Gasteiger partial charge in [-0.15, -0.1) is 5.10 Å². The second kappa shape index (κ2) is 9.85. The van der Waals surface area contributed by atoms with Crippen LogP contribution in [0.4, 0.5) is 10.5 Å². The minimum atomic E-state index is -3.94. The number of sulfone groups is 1. The van der Waals surface area contributed by atoms with Crippen LogP contribution in [0.3, 0.4) is 0 Å². The number of carbonyl (C=O) groups is 2. The van der Waals surface area contributed by atoms with Crippen molar-refractivity contribution >= 4 is 27.6 Å². The van der Waals surface area contributed by atoms with Gasteiger partial charge >= 0.3 is 6.16 Å². The van der Waals surface area contributed by atoms with Gasteiger partial charge in [0.1, 0.15) is 11.4 Å². The number of nitrogens with one attached hydrogen (secondary N) is 1. The Morgan fingerprint density at radius 1 is 1.10 bits per heavy atom. The van der Waals surface area contributed by atoms with E-state index in [1.165, 1.54) is 29.2 Å². The third kappa shape index (κ3) is 6.12. The number of hydrogen-bond acceptors (Lipinski definition) is 8. The Kier molecular flexibility index (Phi) is 6.98. The van der Waals surface area contributed by atoms with E-state index in [2.05, 4.69) is 20.1 Å². The molecule has 0 bridgehead atoms. The molecule has 3 rings (SSSR count). The van der Waals surface area contributed by atoms with Crippen molar-refractivity contribution in [3.8, 4) is 5.88 Å². The number of amides is 1. The fourth-order valence-electron chi connectivity index (χ4n) is 2.65. The first-order valence-corrected chi connectivity index (χ1v) is 10.8. The molecule has 11 heteroatoms. The van der Waals surface area contributed by atoms with Gasteiger partial charge in [0, 0.05) is 12.7 Å². The fraction of sp³-hybridized carbons (Fsp3) is 0.200. The number of hydrogen-bond donors (Lipinski definition) is 1. The van der Waals surface area contributed by atoms with Gasteiger partial charge in [-0.05, 0) is 24.1 Å². The zero-order chi connectivity index (χ0) is 22.3. The molecule has 1 aromatic carbocycles. The molecular formula is C20H20N4O6S. The lowest BCUT2D eigenvalue weighted by molar-refractivity contribution is -0.113. The van der Waals surface area contributed by atoms with E-state index < -0.39 is 27.7 Å². The van der Waals surface area contributed by atoms with Crippen molar-refractivity contribution in [2.75, 3.05) is 18.2 Å². The van der Waals surface area contributed by atoms with Crippen LogP contribution in [0.25, 0.3) is 0 Å². The Bertz CT molecular complexity index is 1150. The topological polar surface area (TPSA) is 129 Å². The van der Waals surface area contributed by atoms with Crippen molar-refractivity contribution in [3.05, 3.63) is 66.5 Å². The van der Waals surface area contributed by atoms with Crippen LogP contribution in [-0.4, -0.2) is 48.1 Å². The van der Waals surface area contributed by atoms with Crippen molar-refractivity contribution in [2.24, 2.45) is 0 Å². The number of aromatic nitrogens is 3. The number of ether oxygens (including phenoxy) is 2. The predicted molar refractivity (Wildman–Crippen MR) is 110 cm³/mol. The molecule has 10 nitrogen and oxygen atoms in total. The van der Waals surface area contributed by atoms with Gasteiger partial charge in [-0.25, -0.2) is 18.2 Å². The highest BCUT2D eigenvalue weighted by atomic mass is 32.2. The summed E-state index contributed by atoms with van der Waals surface area (Å²) >= 11 is 0. The summed E-state index contributed by atoms with van der Waals surface area (Å²) in [6.07, 6.45) is 2.39. The molecule has 0 saturated carbocycles. The van der Waals surface area contributed by atoms with E-state index in [9.17, 15) is 18.0 Å². The second-order valence-corrected chi connectivity index (χ2v) is 8.31. The van der Waals surface area contributed by atoms with Crippen molar-refractivity contribution in [3.63, 3.8) is 0 Å². The molecule has 1 N–H and O–H groups in total. The van der Waals surface area contributed by atoms with Crippen LogP contribution >= 0.6 is 0 Å². The second-order valence-electron chi connectivity index (χ2n) is 6.38. The summed E-state index contributed by atoms with van der Waals surface area (Å²) in [4.78, 5) is 27.6. The van der Waals surface area contributed by atoms with Crippen LogP contribution in [0.2, 0.25) is 0 Å². The molecule has 0 fully saturated rings. The first-order valence-electron chi connectivity index (χ1n) is 9.18. The van der Waals surface area contributed by atoms with E-state index in [0.717, 1.165) is 12.7 Å². The van der Waals surface area contributed by atoms with Crippen LogP contribution in [0.5, 0.6) is 5.88 Å². The molecule has 31 heavy (non-hydrogen) atoms. The number of aryl methyl sites for hydroxylation is 2. The summed E-state index contributed by atoms with van der Waals surface area (Å²) in [6, 6.07) is 14.0. The third-order valence-corrected chi connectivity index (χ3v) is 5.62. The third-order valence-electron chi connectivity index (χ3n) is 4.10. The Morgan fingerprint density at radius 3 is 2.52 bits per heavy atom. The first-order chi connectivity index (χ1) is 14.9. The minimum Gasteiger partial charge on any atom is -0.437 e. The van der Waals surface area contributed by atoms with Crippen LogP contribution in [0.1, 0.15) is 5.56 Å². The largest absolute Gasteiger partial charge is 0.515 e. The quantitative estimate of drug-likeness (QED) is 0.523. The van der Waals surface area contributed by atoms with E-state index in [-0.39, 0.29) is 16.6 Å². The molecule has 0 spiro atoms. The lowest BCUT2D eigenvalue weighted by Crippen LogP contribution is -2.23. The Hall–Kier alpha value is -3.73. The average Bonchev–Trinajstić information content (AvgIpc) is 3.14. The smallest absolute Gasteiger partial charge is 0.437 e. The predicted octanol–water partition coefficient (Wildman–Crippen LogP) is 2.08. The number of rotatable bonds is 8. The number of methoxy groups -OCH3 is 1. The maximum absolute atomic E-state index is 12.4. The van der Waals surface area contributed by atoms with Crippen molar-refractivity contribution in [2.45, 2.75) is 18.0 Å². The number of nitrogens with zero attached hydrogens (tertiary/aromatic N) is 3. The summed E-state index contributed by atoms with van der Waals surface area (Å²) in [5, 5.41) is 6.35. The van der Waals surface area contributed by atoms with E-state index in [0.29, 0.717) is 13.0 Å². The highest BCUT2D eigenvalue weighted by Crippen LogP contribution is 2.23. The monoisotopic (exact) mass is 444 g/mol. The highest BCUT2D eigenvalue weighted by molar-refractivity contribution is 7.92. The number of pyridine rings is 1. The fourth-order valence-corrected chi connectivity index (χ4v) is 3.72. The van der Waals surface area contributed by atoms with Gasteiger partial charge in [0.25, 0.3) is 5.88 Å². The lowest BCUT2D eigenvalue weighted by atomic mass is 10.1. The van der Waals surface area contributed by atoms with Crippen LogP contribution in [-0.2, 0) is 32.3 Å². The van der Waals surface area contributed by atoms with Gasteiger partial charge in [0.05, 0.1) is 13.3 Å². The molecule has 0 aliphatic rings. The van der Waals surface area contributed by atoms with Crippen LogP contribution in [0.15, 0.2) is 66.0 Å². The molecule has 0 aliphatic carbocycles.